The summed E-state index contributed by atoms with van der Waals surface area (Å²) < 4.78 is 0. The van der Waals surface area contributed by atoms with Crippen molar-refractivity contribution in [3.63, 3.8) is 0 Å². The third kappa shape index (κ3) is 4.85. The fraction of sp³-hybridized carbons (Fsp3) is 0.647. The zero-order valence-electron chi connectivity index (χ0n) is 12.1. The first-order valence-electron chi connectivity index (χ1n) is 7.69. The molecule has 2 heteroatoms. The molecule has 1 heterocycles. The van der Waals surface area contributed by atoms with E-state index in [1.807, 2.05) is 0 Å². The molecule has 0 saturated carbocycles. The SMILES string of the molecule is CCC(CS)CN1CCC(Cc2ccccc2)CC1. The average molecular weight is 277 g/mol. The number of likely N-dealkylation sites (tertiary alicyclic amines) is 1. The molecule has 0 radical (unpaired) electrons. The van der Waals surface area contributed by atoms with Gasteiger partial charge in [-0.2, -0.15) is 12.6 Å². The van der Waals surface area contributed by atoms with Crippen molar-refractivity contribution in [2.24, 2.45) is 11.8 Å². The van der Waals surface area contributed by atoms with Crippen LogP contribution in [0.2, 0.25) is 0 Å². The standard InChI is InChI=1S/C17H27NS/c1-2-15(14-19)13-18-10-8-17(9-11-18)12-16-6-4-3-5-7-16/h3-7,15,17,19H,2,8-14H2,1H3. The molecular weight excluding hydrogens is 250 g/mol. The van der Waals surface area contributed by atoms with Crippen molar-refractivity contribution < 1.29 is 0 Å². The first-order chi connectivity index (χ1) is 9.31. The fourth-order valence-corrected chi connectivity index (χ4v) is 3.38. The number of rotatable bonds is 6. The van der Waals surface area contributed by atoms with Crippen molar-refractivity contribution in [3.8, 4) is 0 Å². The minimum Gasteiger partial charge on any atom is -0.303 e. The third-order valence-electron chi connectivity index (χ3n) is 4.43. The van der Waals surface area contributed by atoms with Crippen LogP contribution >= 0.6 is 12.6 Å². The molecule has 0 spiro atoms. The highest BCUT2D eigenvalue weighted by molar-refractivity contribution is 7.80. The molecule has 1 saturated heterocycles. The van der Waals surface area contributed by atoms with Crippen molar-refractivity contribution in [2.75, 3.05) is 25.4 Å². The van der Waals surface area contributed by atoms with Gasteiger partial charge in [-0.15, -0.1) is 0 Å². The largest absolute Gasteiger partial charge is 0.303 e. The van der Waals surface area contributed by atoms with E-state index in [1.54, 1.807) is 0 Å². The molecule has 1 atom stereocenters. The lowest BCUT2D eigenvalue weighted by Gasteiger charge is -2.34. The van der Waals surface area contributed by atoms with Gasteiger partial charge in [-0.05, 0) is 55.5 Å². The molecule has 1 nitrogen and oxygen atoms in total. The Bertz CT molecular complexity index is 340. The molecule has 1 aromatic rings. The number of nitrogens with zero attached hydrogens (tertiary/aromatic N) is 1. The van der Waals surface area contributed by atoms with Crippen molar-refractivity contribution in [1.29, 1.82) is 0 Å². The summed E-state index contributed by atoms with van der Waals surface area (Å²) in [5, 5.41) is 0. The predicted octanol–water partition coefficient (Wildman–Crippen LogP) is 3.90. The van der Waals surface area contributed by atoms with Gasteiger partial charge in [0.1, 0.15) is 0 Å². The van der Waals surface area contributed by atoms with E-state index in [0.29, 0.717) is 0 Å². The first kappa shape index (κ1) is 14.9. The molecule has 2 rings (SSSR count). The van der Waals surface area contributed by atoms with Crippen LogP contribution in [0, 0.1) is 11.8 Å². The van der Waals surface area contributed by atoms with E-state index in [-0.39, 0.29) is 0 Å². The van der Waals surface area contributed by atoms with Crippen LogP contribution in [-0.2, 0) is 6.42 Å². The zero-order chi connectivity index (χ0) is 13.5. The minimum absolute atomic E-state index is 0.772. The number of hydrogen-bond donors (Lipinski definition) is 1. The van der Waals surface area contributed by atoms with E-state index >= 15 is 0 Å². The second-order valence-corrected chi connectivity index (χ2v) is 6.26. The number of thiol groups is 1. The van der Waals surface area contributed by atoms with Gasteiger partial charge >= 0.3 is 0 Å². The van der Waals surface area contributed by atoms with Gasteiger partial charge in [0.05, 0.1) is 0 Å². The van der Waals surface area contributed by atoms with Crippen molar-refractivity contribution in [2.45, 2.75) is 32.6 Å². The summed E-state index contributed by atoms with van der Waals surface area (Å²) in [5.74, 6) is 2.68. The molecule has 1 aromatic carbocycles. The number of hydrogen-bond acceptors (Lipinski definition) is 2. The summed E-state index contributed by atoms with van der Waals surface area (Å²) in [6.07, 6.45) is 5.24. The zero-order valence-corrected chi connectivity index (χ0v) is 13.0. The maximum absolute atomic E-state index is 4.45. The molecule has 0 bridgehead atoms. The van der Waals surface area contributed by atoms with Gasteiger partial charge in [-0.1, -0.05) is 43.7 Å². The smallest absolute Gasteiger partial charge is 0.00174 e. The van der Waals surface area contributed by atoms with E-state index in [2.05, 4.69) is 54.8 Å². The quantitative estimate of drug-likeness (QED) is 0.772. The second-order valence-electron chi connectivity index (χ2n) is 5.89. The molecule has 19 heavy (non-hydrogen) atoms. The maximum Gasteiger partial charge on any atom is 0.00174 e. The Kier molecular flexibility index (Phi) is 6.25. The Morgan fingerprint density at radius 2 is 1.89 bits per heavy atom. The van der Waals surface area contributed by atoms with Gasteiger partial charge in [0, 0.05) is 6.54 Å². The Labute approximate surface area is 123 Å². The normalized spacial score (nSPS) is 19.5. The molecule has 1 fully saturated rings. The molecule has 0 aromatic heterocycles. The van der Waals surface area contributed by atoms with E-state index in [4.69, 9.17) is 0 Å². The number of benzene rings is 1. The molecule has 0 N–H and O–H groups in total. The number of piperidine rings is 1. The summed E-state index contributed by atoms with van der Waals surface area (Å²) in [6, 6.07) is 10.9. The minimum atomic E-state index is 0.772. The lowest BCUT2D eigenvalue weighted by Crippen LogP contribution is -2.37. The summed E-state index contributed by atoms with van der Waals surface area (Å²) in [4.78, 5) is 2.64. The lowest BCUT2D eigenvalue weighted by molar-refractivity contribution is 0.164. The molecule has 1 aliphatic heterocycles. The van der Waals surface area contributed by atoms with E-state index in [1.165, 1.54) is 50.9 Å². The van der Waals surface area contributed by atoms with Gasteiger partial charge in [-0.3, -0.25) is 0 Å². The van der Waals surface area contributed by atoms with E-state index in [9.17, 15) is 0 Å². The van der Waals surface area contributed by atoms with Crippen molar-refractivity contribution in [3.05, 3.63) is 35.9 Å². The van der Waals surface area contributed by atoms with Gasteiger partial charge < -0.3 is 4.90 Å². The molecule has 0 amide bonds. The molecule has 1 aliphatic rings. The topological polar surface area (TPSA) is 3.24 Å². The van der Waals surface area contributed by atoms with Crippen LogP contribution in [0.4, 0.5) is 0 Å². The highest BCUT2D eigenvalue weighted by Gasteiger charge is 2.20. The van der Waals surface area contributed by atoms with E-state index < -0.39 is 0 Å². The lowest BCUT2D eigenvalue weighted by atomic mass is 9.90. The van der Waals surface area contributed by atoms with Crippen LogP contribution in [0.15, 0.2) is 30.3 Å². The summed E-state index contributed by atoms with van der Waals surface area (Å²) in [7, 11) is 0. The molecular formula is C17H27NS. The molecule has 1 unspecified atom stereocenters. The molecule has 0 aliphatic carbocycles. The maximum atomic E-state index is 4.45. The van der Waals surface area contributed by atoms with Gasteiger partial charge in [0.2, 0.25) is 0 Å². The van der Waals surface area contributed by atoms with Crippen LogP contribution in [0.25, 0.3) is 0 Å². The Balaban J connectivity index is 1.73. The summed E-state index contributed by atoms with van der Waals surface area (Å²) >= 11 is 4.45. The highest BCUT2D eigenvalue weighted by atomic mass is 32.1. The van der Waals surface area contributed by atoms with Gasteiger partial charge in [0.25, 0.3) is 0 Å². The summed E-state index contributed by atoms with van der Waals surface area (Å²) in [5.41, 5.74) is 1.50. The highest BCUT2D eigenvalue weighted by Crippen LogP contribution is 2.22. The molecule has 106 valence electrons. The van der Waals surface area contributed by atoms with Crippen molar-refractivity contribution in [1.82, 2.24) is 4.90 Å². The fourth-order valence-electron chi connectivity index (χ4n) is 3.00. The van der Waals surface area contributed by atoms with Gasteiger partial charge in [-0.25, -0.2) is 0 Å². The van der Waals surface area contributed by atoms with Gasteiger partial charge in [0.15, 0.2) is 0 Å². The monoisotopic (exact) mass is 277 g/mol. The second kappa shape index (κ2) is 7.96. The van der Waals surface area contributed by atoms with E-state index in [0.717, 1.165) is 17.6 Å². The first-order valence-corrected chi connectivity index (χ1v) is 8.32. The third-order valence-corrected chi connectivity index (χ3v) is 4.94. The van der Waals surface area contributed by atoms with Crippen LogP contribution in [0.5, 0.6) is 0 Å². The average Bonchev–Trinajstić information content (AvgIpc) is 2.47. The van der Waals surface area contributed by atoms with Crippen molar-refractivity contribution >= 4 is 12.6 Å². The Hall–Kier alpha value is -0.470. The Morgan fingerprint density at radius 3 is 2.47 bits per heavy atom. The Morgan fingerprint density at radius 1 is 1.21 bits per heavy atom. The van der Waals surface area contributed by atoms with Crippen LogP contribution in [-0.4, -0.2) is 30.3 Å². The van der Waals surface area contributed by atoms with Crippen LogP contribution < -0.4 is 0 Å². The predicted molar refractivity (Wildman–Crippen MR) is 86.9 cm³/mol. The van der Waals surface area contributed by atoms with Crippen LogP contribution in [0.1, 0.15) is 31.7 Å². The van der Waals surface area contributed by atoms with Crippen LogP contribution in [0.3, 0.4) is 0 Å². The summed E-state index contributed by atoms with van der Waals surface area (Å²) in [6.45, 7) is 6.09.